The molecule has 0 unspecified atom stereocenters. The average molecular weight is 202 g/mol. The zero-order valence-electron chi connectivity index (χ0n) is 6.57. The minimum atomic E-state index is -1.21. The molecule has 0 aliphatic heterocycles. The van der Waals surface area contributed by atoms with Crippen molar-refractivity contribution in [3.8, 4) is 0 Å². The molecule has 1 rings (SSSR count). The first kappa shape index (κ1) is 9.76. The first-order chi connectivity index (χ1) is 6.02. The van der Waals surface area contributed by atoms with Crippen molar-refractivity contribution >= 4 is 23.3 Å². The first-order valence-corrected chi connectivity index (χ1v) is 3.79. The van der Waals surface area contributed by atoms with Gasteiger partial charge in [0, 0.05) is 6.20 Å². The molecule has 0 aromatic carbocycles. The third kappa shape index (κ3) is 2.07. The third-order valence-corrected chi connectivity index (χ3v) is 1.68. The fourth-order valence-electron chi connectivity index (χ4n) is 0.842. The van der Waals surface area contributed by atoms with Gasteiger partial charge in [0.15, 0.2) is 0 Å². The van der Waals surface area contributed by atoms with Crippen LogP contribution in [0.2, 0.25) is 5.02 Å². The van der Waals surface area contributed by atoms with Crippen LogP contribution in [-0.2, 0) is 4.79 Å². The smallest absolute Gasteiger partial charge is 0.326 e. The van der Waals surface area contributed by atoms with Gasteiger partial charge in [0.2, 0.25) is 0 Å². The van der Waals surface area contributed by atoms with E-state index >= 15 is 0 Å². The number of pyridine rings is 1. The van der Waals surface area contributed by atoms with Crippen LogP contribution in [0.25, 0.3) is 0 Å². The van der Waals surface area contributed by atoms with Crippen molar-refractivity contribution in [3.05, 3.63) is 23.0 Å². The van der Waals surface area contributed by atoms with E-state index in [9.17, 15) is 4.79 Å². The zero-order valence-corrected chi connectivity index (χ0v) is 7.32. The van der Waals surface area contributed by atoms with Crippen LogP contribution in [0.1, 0.15) is 11.7 Å². The number of nitrogens with two attached hydrogens (primary N) is 2. The molecule has 5 N–H and O–H groups in total. The molecule has 0 fully saturated rings. The molecule has 1 aromatic heterocycles. The zero-order chi connectivity index (χ0) is 10.0. The predicted octanol–water partition coefficient (Wildman–Crippen LogP) is 0.402. The lowest BCUT2D eigenvalue weighted by molar-refractivity contribution is -0.138. The minimum absolute atomic E-state index is 0.122. The van der Waals surface area contributed by atoms with E-state index in [1.807, 2.05) is 0 Å². The molecule has 0 saturated carbocycles. The van der Waals surface area contributed by atoms with Gasteiger partial charge in [0.05, 0.1) is 16.4 Å². The van der Waals surface area contributed by atoms with Crippen molar-refractivity contribution in [1.82, 2.24) is 4.98 Å². The van der Waals surface area contributed by atoms with Crippen molar-refractivity contribution in [3.63, 3.8) is 0 Å². The number of anilines is 1. The number of nitrogen functional groups attached to an aromatic ring is 1. The fourth-order valence-corrected chi connectivity index (χ4v) is 1.01. The molecule has 0 spiro atoms. The quantitative estimate of drug-likeness (QED) is 0.643. The van der Waals surface area contributed by atoms with Gasteiger partial charge in [-0.3, -0.25) is 9.78 Å². The van der Waals surface area contributed by atoms with E-state index in [0.29, 0.717) is 5.02 Å². The van der Waals surface area contributed by atoms with Crippen LogP contribution in [0.5, 0.6) is 0 Å². The summed E-state index contributed by atoms with van der Waals surface area (Å²) in [6.45, 7) is 0. The normalized spacial score (nSPS) is 12.5. The van der Waals surface area contributed by atoms with Crippen LogP contribution in [0.4, 0.5) is 5.69 Å². The maximum Gasteiger partial charge on any atom is 0.326 e. The van der Waals surface area contributed by atoms with Gasteiger partial charge >= 0.3 is 5.97 Å². The van der Waals surface area contributed by atoms with Crippen molar-refractivity contribution < 1.29 is 9.90 Å². The number of carboxylic acid groups (broad SMARTS) is 1. The number of nitrogens with zero attached hydrogens (tertiary/aromatic N) is 1. The topological polar surface area (TPSA) is 102 Å². The molecule has 13 heavy (non-hydrogen) atoms. The standard InChI is InChI=1S/C7H8ClN3O2/c8-3-1-4(9)6(11-2-3)5(10)7(12)13/h1-2,5H,9-10H2,(H,12,13)/t5-/m1/s1. The molecule has 5 nitrogen and oxygen atoms in total. The van der Waals surface area contributed by atoms with Crippen LogP contribution in [0.3, 0.4) is 0 Å². The first-order valence-electron chi connectivity index (χ1n) is 3.41. The van der Waals surface area contributed by atoms with Crippen molar-refractivity contribution in [2.75, 3.05) is 5.73 Å². The molecule has 0 bridgehead atoms. The summed E-state index contributed by atoms with van der Waals surface area (Å²) >= 11 is 5.57. The molecular formula is C7H8ClN3O2. The van der Waals surface area contributed by atoms with Crippen LogP contribution in [0, 0.1) is 0 Å². The van der Waals surface area contributed by atoms with Gasteiger partial charge < -0.3 is 16.6 Å². The highest BCUT2D eigenvalue weighted by atomic mass is 35.5. The van der Waals surface area contributed by atoms with Gasteiger partial charge in [-0.25, -0.2) is 0 Å². The molecule has 70 valence electrons. The molecule has 0 aliphatic rings. The Hall–Kier alpha value is -1.33. The molecule has 0 saturated heterocycles. The Morgan fingerprint density at radius 1 is 1.69 bits per heavy atom. The number of halogens is 1. The van der Waals surface area contributed by atoms with E-state index in [2.05, 4.69) is 4.98 Å². The summed E-state index contributed by atoms with van der Waals surface area (Å²) in [6.07, 6.45) is 1.30. The van der Waals surface area contributed by atoms with E-state index in [-0.39, 0.29) is 11.4 Å². The summed E-state index contributed by atoms with van der Waals surface area (Å²) in [5.74, 6) is -1.18. The summed E-state index contributed by atoms with van der Waals surface area (Å²) in [4.78, 5) is 14.2. The molecular weight excluding hydrogens is 194 g/mol. The maximum absolute atomic E-state index is 10.5. The van der Waals surface area contributed by atoms with Crippen LogP contribution >= 0.6 is 11.6 Å². The van der Waals surface area contributed by atoms with Crippen LogP contribution < -0.4 is 11.5 Å². The lowest BCUT2D eigenvalue weighted by atomic mass is 10.2. The minimum Gasteiger partial charge on any atom is -0.480 e. The van der Waals surface area contributed by atoms with E-state index in [1.54, 1.807) is 0 Å². The van der Waals surface area contributed by atoms with Gasteiger partial charge in [-0.05, 0) is 6.07 Å². The highest BCUT2D eigenvalue weighted by Crippen LogP contribution is 2.19. The summed E-state index contributed by atoms with van der Waals surface area (Å²) in [7, 11) is 0. The number of aliphatic carboxylic acids is 1. The Morgan fingerprint density at radius 2 is 2.31 bits per heavy atom. The lowest BCUT2D eigenvalue weighted by Crippen LogP contribution is -2.23. The Labute approximate surface area is 79.3 Å². The summed E-state index contributed by atoms with van der Waals surface area (Å²) in [5.41, 5.74) is 11.1. The summed E-state index contributed by atoms with van der Waals surface area (Å²) in [5, 5.41) is 8.92. The monoisotopic (exact) mass is 201 g/mol. The number of hydrogen-bond acceptors (Lipinski definition) is 4. The molecule has 0 radical (unpaired) electrons. The lowest BCUT2D eigenvalue weighted by Gasteiger charge is -2.08. The predicted molar refractivity (Wildman–Crippen MR) is 48.2 cm³/mol. The molecule has 0 amide bonds. The molecule has 1 atom stereocenters. The average Bonchev–Trinajstić information content (AvgIpc) is 2.03. The van der Waals surface area contributed by atoms with Gasteiger partial charge in [-0.2, -0.15) is 0 Å². The van der Waals surface area contributed by atoms with Crippen molar-refractivity contribution in [1.29, 1.82) is 0 Å². The molecule has 1 aromatic rings. The number of hydrogen-bond donors (Lipinski definition) is 3. The number of rotatable bonds is 2. The Kier molecular flexibility index (Phi) is 2.69. The van der Waals surface area contributed by atoms with E-state index in [0.717, 1.165) is 0 Å². The largest absolute Gasteiger partial charge is 0.480 e. The highest BCUT2D eigenvalue weighted by Gasteiger charge is 2.18. The molecule has 6 heteroatoms. The Morgan fingerprint density at radius 3 is 2.77 bits per heavy atom. The molecule has 0 aliphatic carbocycles. The van der Waals surface area contributed by atoms with Crippen LogP contribution in [0.15, 0.2) is 12.3 Å². The Bertz CT molecular complexity index is 343. The van der Waals surface area contributed by atoms with E-state index < -0.39 is 12.0 Å². The number of aromatic nitrogens is 1. The second kappa shape index (κ2) is 3.59. The number of carbonyl (C=O) groups is 1. The van der Waals surface area contributed by atoms with Gasteiger partial charge in [0.25, 0.3) is 0 Å². The second-order valence-corrected chi connectivity index (χ2v) is 2.88. The highest BCUT2D eigenvalue weighted by molar-refractivity contribution is 6.30. The van der Waals surface area contributed by atoms with Crippen molar-refractivity contribution in [2.24, 2.45) is 5.73 Å². The molecule has 1 heterocycles. The van der Waals surface area contributed by atoms with Gasteiger partial charge in [0.1, 0.15) is 6.04 Å². The van der Waals surface area contributed by atoms with Crippen molar-refractivity contribution in [2.45, 2.75) is 6.04 Å². The fraction of sp³-hybridized carbons (Fsp3) is 0.143. The maximum atomic E-state index is 10.5. The summed E-state index contributed by atoms with van der Waals surface area (Å²) in [6, 6.07) is 0.199. The second-order valence-electron chi connectivity index (χ2n) is 2.44. The van der Waals surface area contributed by atoms with E-state index in [4.69, 9.17) is 28.2 Å². The summed E-state index contributed by atoms with van der Waals surface area (Å²) < 4.78 is 0. The van der Waals surface area contributed by atoms with Crippen LogP contribution in [-0.4, -0.2) is 16.1 Å². The number of carboxylic acids is 1. The van der Waals surface area contributed by atoms with Gasteiger partial charge in [-0.15, -0.1) is 0 Å². The Balaban J connectivity index is 3.08. The van der Waals surface area contributed by atoms with E-state index in [1.165, 1.54) is 12.3 Å². The SMILES string of the molecule is Nc1cc(Cl)cnc1[C@@H](N)C(=O)O. The van der Waals surface area contributed by atoms with Gasteiger partial charge in [-0.1, -0.05) is 11.6 Å². The third-order valence-electron chi connectivity index (χ3n) is 1.48.